The van der Waals surface area contributed by atoms with Crippen LogP contribution >= 0.6 is 0 Å². The lowest BCUT2D eigenvalue weighted by Gasteiger charge is -2.19. The first-order valence-electron chi connectivity index (χ1n) is 6.26. The summed E-state index contributed by atoms with van der Waals surface area (Å²) in [5.74, 6) is 0. The number of anilines is 2. The molecular weight excluding hydrogens is 230 g/mol. The zero-order valence-corrected chi connectivity index (χ0v) is 11.3. The molecule has 5 heteroatoms. The van der Waals surface area contributed by atoms with Gasteiger partial charge in [-0.3, -0.25) is 10.1 Å². The number of nitro benzene ring substituents is 1. The van der Waals surface area contributed by atoms with Crippen molar-refractivity contribution in [3.8, 4) is 0 Å². The number of rotatable bonds is 7. The van der Waals surface area contributed by atoms with Gasteiger partial charge in [0, 0.05) is 44.1 Å². The molecule has 1 aromatic rings. The van der Waals surface area contributed by atoms with Crippen LogP contribution in [-0.2, 0) is 0 Å². The predicted octanol–water partition coefficient (Wildman–Crippen LogP) is 3.26. The topological polar surface area (TPSA) is 58.4 Å². The molecule has 0 aliphatic carbocycles. The molecule has 0 aromatic heterocycles. The molecular formula is C13H21N3O2. The first-order chi connectivity index (χ1) is 8.58. The minimum atomic E-state index is -0.357. The van der Waals surface area contributed by atoms with Gasteiger partial charge in [0.2, 0.25) is 0 Å². The summed E-state index contributed by atoms with van der Waals surface area (Å²) < 4.78 is 0. The van der Waals surface area contributed by atoms with Gasteiger partial charge < -0.3 is 10.2 Å². The lowest BCUT2D eigenvalue weighted by Crippen LogP contribution is -2.18. The van der Waals surface area contributed by atoms with Crippen LogP contribution in [0, 0.1) is 10.1 Å². The number of hydrogen-bond acceptors (Lipinski definition) is 4. The van der Waals surface area contributed by atoms with Crippen LogP contribution in [0.1, 0.15) is 26.2 Å². The Labute approximate surface area is 108 Å². The van der Waals surface area contributed by atoms with E-state index in [9.17, 15) is 10.1 Å². The molecule has 1 rings (SSSR count). The summed E-state index contributed by atoms with van der Waals surface area (Å²) in [5, 5.41) is 13.8. The number of nitrogens with zero attached hydrogens (tertiary/aromatic N) is 2. The van der Waals surface area contributed by atoms with E-state index in [-0.39, 0.29) is 10.6 Å². The maximum Gasteiger partial charge on any atom is 0.273 e. The fraction of sp³-hybridized carbons (Fsp3) is 0.538. The quantitative estimate of drug-likeness (QED) is 0.459. The Morgan fingerprint density at radius 2 is 2.06 bits per heavy atom. The van der Waals surface area contributed by atoms with Gasteiger partial charge in [-0.1, -0.05) is 19.8 Å². The van der Waals surface area contributed by atoms with Gasteiger partial charge in [-0.15, -0.1) is 0 Å². The van der Waals surface area contributed by atoms with E-state index < -0.39 is 0 Å². The van der Waals surface area contributed by atoms with E-state index in [1.807, 2.05) is 13.1 Å². The molecule has 1 N–H and O–H groups in total. The molecule has 18 heavy (non-hydrogen) atoms. The van der Waals surface area contributed by atoms with Crippen molar-refractivity contribution in [1.82, 2.24) is 0 Å². The molecule has 0 amide bonds. The van der Waals surface area contributed by atoms with Crippen molar-refractivity contribution in [1.29, 1.82) is 0 Å². The molecule has 0 saturated heterocycles. The molecule has 100 valence electrons. The van der Waals surface area contributed by atoms with Gasteiger partial charge >= 0.3 is 0 Å². The zero-order valence-electron chi connectivity index (χ0n) is 11.3. The van der Waals surface area contributed by atoms with E-state index in [2.05, 4.69) is 17.1 Å². The van der Waals surface area contributed by atoms with E-state index in [4.69, 9.17) is 0 Å². The Balaban J connectivity index is 2.86. The third-order valence-corrected chi connectivity index (χ3v) is 2.94. The summed E-state index contributed by atoms with van der Waals surface area (Å²) in [6.07, 6.45) is 3.45. The third kappa shape index (κ3) is 3.91. The minimum absolute atomic E-state index is 0.124. The van der Waals surface area contributed by atoms with Gasteiger partial charge in [-0.2, -0.15) is 0 Å². The van der Waals surface area contributed by atoms with Gasteiger partial charge in [0.1, 0.15) is 0 Å². The van der Waals surface area contributed by atoms with Gasteiger partial charge in [-0.25, -0.2) is 0 Å². The Morgan fingerprint density at radius 1 is 1.33 bits per heavy atom. The maximum atomic E-state index is 10.9. The Bertz CT molecular complexity index is 407. The molecule has 0 saturated carbocycles. The number of unbranched alkanes of at least 4 members (excludes halogenated alkanes) is 2. The number of nitro groups is 1. The molecule has 0 aliphatic rings. The number of non-ortho nitro benzene ring substituents is 1. The highest BCUT2D eigenvalue weighted by Gasteiger charge is 2.11. The molecule has 0 radical (unpaired) electrons. The zero-order chi connectivity index (χ0) is 13.5. The number of benzene rings is 1. The highest BCUT2D eigenvalue weighted by atomic mass is 16.6. The fourth-order valence-corrected chi connectivity index (χ4v) is 1.79. The van der Waals surface area contributed by atoms with Crippen molar-refractivity contribution in [3.05, 3.63) is 28.3 Å². The van der Waals surface area contributed by atoms with Crippen molar-refractivity contribution < 1.29 is 4.92 Å². The summed E-state index contributed by atoms with van der Waals surface area (Å²) in [5.41, 5.74) is 1.77. The smallest absolute Gasteiger partial charge is 0.273 e. The van der Waals surface area contributed by atoms with Gasteiger partial charge in [-0.05, 0) is 12.5 Å². The molecule has 0 aliphatic heterocycles. The van der Waals surface area contributed by atoms with E-state index in [0.717, 1.165) is 24.3 Å². The highest BCUT2D eigenvalue weighted by molar-refractivity contribution is 5.64. The Hall–Kier alpha value is -1.78. The fourth-order valence-electron chi connectivity index (χ4n) is 1.79. The van der Waals surface area contributed by atoms with Gasteiger partial charge in [0.05, 0.1) is 4.92 Å². The van der Waals surface area contributed by atoms with E-state index in [1.54, 1.807) is 19.2 Å². The Kier molecular flexibility index (Phi) is 5.42. The second kappa shape index (κ2) is 6.83. The molecule has 5 nitrogen and oxygen atoms in total. The molecule has 0 fully saturated rings. The van der Waals surface area contributed by atoms with Crippen LogP contribution in [0.2, 0.25) is 0 Å². The number of hydrogen-bond donors (Lipinski definition) is 1. The molecule has 0 bridgehead atoms. The largest absolute Gasteiger partial charge is 0.388 e. The summed E-state index contributed by atoms with van der Waals surface area (Å²) in [6.45, 7) is 3.07. The minimum Gasteiger partial charge on any atom is -0.388 e. The second-order valence-electron chi connectivity index (χ2n) is 4.37. The summed E-state index contributed by atoms with van der Waals surface area (Å²) >= 11 is 0. The lowest BCUT2D eigenvalue weighted by molar-refractivity contribution is -0.384. The van der Waals surface area contributed by atoms with Crippen molar-refractivity contribution >= 4 is 17.1 Å². The van der Waals surface area contributed by atoms with Crippen molar-refractivity contribution in [2.24, 2.45) is 0 Å². The normalized spacial score (nSPS) is 10.2. The molecule has 0 spiro atoms. The molecule has 1 aromatic carbocycles. The van der Waals surface area contributed by atoms with Crippen LogP contribution in [0.4, 0.5) is 17.1 Å². The third-order valence-electron chi connectivity index (χ3n) is 2.94. The average molecular weight is 251 g/mol. The summed E-state index contributed by atoms with van der Waals surface area (Å²) in [7, 11) is 3.73. The summed E-state index contributed by atoms with van der Waals surface area (Å²) in [4.78, 5) is 12.6. The first kappa shape index (κ1) is 14.3. The predicted molar refractivity (Wildman–Crippen MR) is 75.4 cm³/mol. The molecule has 0 heterocycles. The van der Waals surface area contributed by atoms with E-state index >= 15 is 0 Å². The van der Waals surface area contributed by atoms with Crippen molar-refractivity contribution in [2.45, 2.75) is 26.2 Å². The first-order valence-corrected chi connectivity index (χ1v) is 6.26. The average Bonchev–Trinajstić information content (AvgIpc) is 2.38. The van der Waals surface area contributed by atoms with Gasteiger partial charge in [0.25, 0.3) is 5.69 Å². The standard InChI is InChI=1S/C13H21N3O2/c1-4-5-6-7-15(3)12-8-11(14-2)9-13(10-12)16(17)18/h8-10,14H,4-7H2,1-3H3. The SMILES string of the molecule is CCCCCN(C)c1cc(NC)cc([N+](=O)[O-])c1. The van der Waals surface area contributed by atoms with Crippen LogP contribution in [0.25, 0.3) is 0 Å². The monoisotopic (exact) mass is 251 g/mol. The summed E-state index contributed by atoms with van der Waals surface area (Å²) in [6, 6.07) is 5.09. The highest BCUT2D eigenvalue weighted by Crippen LogP contribution is 2.26. The molecule has 0 atom stereocenters. The van der Waals surface area contributed by atoms with Crippen LogP contribution < -0.4 is 10.2 Å². The number of nitrogens with one attached hydrogen (secondary N) is 1. The lowest BCUT2D eigenvalue weighted by atomic mass is 10.2. The van der Waals surface area contributed by atoms with Gasteiger partial charge in [0.15, 0.2) is 0 Å². The Morgan fingerprint density at radius 3 is 2.61 bits per heavy atom. The van der Waals surface area contributed by atoms with E-state index in [1.165, 1.54) is 12.8 Å². The van der Waals surface area contributed by atoms with Crippen LogP contribution in [0.5, 0.6) is 0 Å². The molecule has 0 unspecified atom stereocenters. The second-order valence-corrected chi connectivity index (χ2v) is 4.37. The van der Waals surface area contributed by atoms with Crippen LogP contribution in [-0.4, -0.2) is 25.6 Å². The maximum absolute atomic E-state index is 10.9. The van der Waals surface area contributed by atoms with Crippen LogP contribution in [0.15, 0.2) is 18.2 Å². The van der Waals surface area contributed by atoms with Crippen molar-refractivity contribution in [3.63, 3.8) is 0 Å². The van der Waals surface area contributed by atoms with Crippen molar-refractivity contribution in [2.75, 3.05) is 30.9 Å². The van der Waals surface area contributed by atoms with E-state index in [0.29, 0.717) is 0 Å². The van der Waals surface area contributed by atoms with Crippen LogP contribution in [0.3, 0.4) is 0 Å².